The average molecular weight is 200 g/mol. The Hall–Kier alpha value is -1.21. The molecule has 0 saturated carbocycles. The van der Waals surface area contributed by atoms with Crippen LogP contribution in [-0.2, 0) is 0 Å². The van der Waals surface area contributed by atoms with E-state index < -0.39 is 0 Å². The van der Waals surface area contributed by atoms with Crippen LogP contribution >= 0.6 is 11.8 Å². The topological polar surface area (TPSA) is 0 Å². The van der Waals surface area contributed by atoms with Crippen molar-refractivity contribution in [1.82, 2.24) is 0 Å². The molecule has 1 aliphatic rings. The van der Waals surface area contributed by atoms with Gasteiger partial charge in [-0.1, -0.05) is 54.3 Å². The fourth-order valence-electron chi connectivity index (χ4n) is 1.41. The molecular weight excluding hydrogens is 188 g/mol. The maximum Gasteiger partial charge on any atom is 0.0194 e. The maximum absolute atomic E-state index is 4.02. The number of fused-ring (bicyclic) bond motifs is 1. The zero-order chi connectivity index (χ0) is 9.97. The minimum absolute atomic E-state index is 1.10. The lowest BCUT2D eigenvalue weighted by Crippen LogP contribution is -1.83. The second-order valence-corrected chi connectivity index (χ2v) is 4.50. The van der Waals surface area contributed by atoms with Crippen molar-refractivity contribution in [3.63, 3.8) is 0 Å². The van der Waals surface area contributed by atoms with E-state index in [0.29, 0.717) is 0 Å². The van der Waals surface area contributed by atoms with Crippen LogP contribution in [0, 0.1) is 0 Å². The van der Waals surface area contributed by atoms with Gasteiger partial charge >= 0.3 is 0 Å². The predicted octanol–water partition coefficient (Wildman–Crippen LogP) is 4.27. The molecule has 0 amide bonds. The molecule has 0 aliphatic carbocycles. The highest BCUT2D eigenvalue weighted by Crippen LogP contribution is 2.32. The van der Waals surface area contributed by atoms with E-state index in [0.717, 1.165) is 4.91 Å². The highest BCUT2D eigenvalue weighted by Gasteiger charge is 2.03. The SMILES string of the molecule is C=C1/C=C(C)\C=C/c2ccccc2S1. The third-order valence-corrected chi connectivity index (χ3v) is 3.05. The van der Waals surface area contributed by atoms with Crippen LogP contribution in [0.25, 0.3) is 6.08 Å². The van der Waals surface area contributed by atoms with Gasteiger partial charge in [-0.15, -0.1) is 0 Å². The third-order valence-electron chi connectivity index (χ3n) is 2.07. The quantitative estimate of drug-likeness (QED) is 0.602. The van der Waals surface area contributed by atoms with Crippen LogP contribution in [0.4, 0.5) is 0 Å². The lowest BCUT2D eigenvalue weighted by Gasteiger charge is -2.08. The minimum atomic E-state index is 1.10. The number of allylic oxidation sites excluding steroid dienone is 3. The Labute approximate surface area is 89.0 Å². The lowest BCUT2D eigenvalue weighted by molar-refractivity contribution is 1.41. The van der Waals surface area contributed by atoms with E-state index in [1.54, 1.807) is 11.8 Å². The van der Waals surface area contributed by atoms with Crippen molar-refractivity contribution in [2.75, 3.05) is 0 Å². The Bertz CT molecular complexity index is 425. The van der Waals surface area contributed by atoms with Gasteiger partial charge in [-0.3, -0.25) is 0 Å². The van der Waals surface area contributed by atoms with Gasteiger partial charge in [-0.25, -0.2) is 0 Å². The Kier molecular flexibility index (Phi) is 2.60. The fraction of sp³-hybridized carbons (Fsp3) is 0.0769. The smallest absolute Gasteiger partial charge is 0.0194 e. The zero-order valence-corrected chi connectivity index (χ0v) is 8.97. The van der Waals surface area contributed by atoms with Crippen LogP contribution in [0.3, 0.4) is 0 Å². The molecule has 0 saturated heterocycles. The van der Waals surface area contributed by atoms with Gasteiger partial charge in [-0.05, 0) is 24.6 Å². The molecule has 0 aromatic heterocycles. The summed E-state index contributed by atoms with van der Waals surface area (Å²) in [4.78, 5) is 2.37. The number of thioether (sulfide) groups is 1. The molecule has 1 aliphatic heterocycles. The summed E-state index contributed by atoms with van der Waals surface area (Å²) in [6.07, 6.45) is 6.39. The van der Waals surface area contributed by atoms with Crippen LogP contribution in [-0.4, -0.2) is 0 Å². The van der Waals surface area contributed by atoms with Crippen molar-refractivity contribution < 1.29 is 0 Å². The first-order valence-electron chi connectivity index (χ1n) is 4.58. The van der Waals surface area contributed by atoms with Gasteiger partial charge in [0.15, 0.2) is 0 Å². The summed E-state index contributed by atoms with van der Waals surface area (Å²) >= 11 is 1.73. The van der Waals surface area contributed by atoms with Crippen LogP contribution < -0.4 is 0 Å². The normalized spacial score (nSPS) is 21.5. The highest BCUT2D eigenvalue weighted by atomic mass is 32.2. The Morgan fingerprint density at radius 3 is 2.79 bits per heavy atom. The number of hydrogen-bond donors (Lipinski definition) is 0. The van der Waals surface area contributed by atoms with Crippen LogP contribution in [0.5, 0.6) is 0 Å². The van der Waals surface area contributed by atoms with E-state index >= 15 is 0 Å². The first-order valence-corrected chi connectivity index (χ1v) is 5.39. The molecule has 0 radical (unpaired) electrons. The predicted molar refractivity (Wildman–Crippen MR) is 64.2 cm³/mol. The number of hydrogen-bond acceptors (Lipinski definition) is 1. The summed E-state index contributed by atoms with van der Waals surface area (Å²) in [5.41, 5.74) is 2.52. The third kappa shape index (κ3) is 1.99. The number of benzene rings is 1. The monoisotopic (exact) mass is 200 g/mol. The van der Waals surface area contributed by atoms with Gasteiger partial charge in [0.25, 0.3) is 0 Å². The van der Waals surface area contributed by atoms with Gasteiger partial charge in [0.2, 0.25) is 0 Å². The van der Waals surface area contributed by atoms with Gasteiger partial charge in [-0.2, -0.15) is 0 Å². The fourth-order valence-corrected chi connectivity index (χ4v) is 2.33. The van der Waals surface area contributed by atoms with Gasteiger partial charge < -0.3 is 0 Å². The summed E-state index contributed by atoms with van der Waals surface area (Å²) in [7, 11) is 0. The molecule has 1 aromatic rings. The van der Waals surface area contributed by atoms with E-state index in [9.17, 15) is 0 Å². The van der Waals surface area contributed by atoms with Gasteiger partial charge in [0.05, 0.1) is 0 Å². The molecule has 14 heavy (non-hydrogen) atoms. The molecule has 0 fully saturated rings. The molecule has 0 spiro atoms. The first kappa shape index (κ1) is 9.35. The Morgan fingerprint density at radius 1 is 1.14 bits per heavy atom. The molecule has 0 N–H and O–H groups in total. The molecule has 0 atom stereocenters. The van der Waals surface area contributed by atoms with Crippen LogP contribution in [0.2, 0.25) is 0 Å². The molecule has 0 bridgehead atoms. The molecule has 2 rings (SSSR count). The second kappa shape index (κ2) is 3.89. The van der Waals surface area contributed by atoms with E-state index in [4.69, 9.17) is 0 Å². The van der Waals surface area contributed by atoms with E-state index in [1.165, 1.54) is 16.0 Å². The Morgan fingerprint density at radius 2 is 1.93 bits per heavy atom. The summed E-state index contributed by atoms with van der Waals surface area (Å²) in [6, 6.07) is 8.38. The van der Waals surface area contributed by atoms with E-state index in [2.05, 4.69) is 56.0 Å². The van der Waals surface area contributed by atoms with Gasteiger partial charge in [0.1, 0.15) is 0 Å². The standard InChI is InChI=1S/C13H12S/c1-10-7-8-12-5-3-4-6-13(12)14-11(2)9-10/h3-9H,2H2,1H3/b8-7-,10-9-. The molecule has 0 unspecified atom stereocenters. The minimum Gasteiger partial charge on any atom is -0.0901 e. The second-order valence-electron chi connectivity index (χ2n) is 3.33. The van der Waals surface area contributed by atoms with Crippen molar-refractivity contribution in [3.05, 3.63) is 59.0 Å². The summed E-state index contributed by atoms with van der Waals surface area (Å²) < 4.78 is 0. The van der Waals surface area contributed by atoms with E-state index in [1.807, 2.05) is 0 Å². The highest BCUT2D eigenvalue weighted by molar-refractivity contribution is 8.03. The molecule has 1 heterocycles. The summed E-state index contributed by atoms with van der Waals surface area (Å²) in [6.45, 7) is 6.11. The maximum atomic E-state index is 4.02. The van der Waals surface area contributed by atoms with Crippen molar-refractivity contribution in [2.45, 2.75) is 11.8 Å². The van der Waals surface area contributed by atoms with Crippen molar-refractivity contribution in [2.24, 2.45) is 0 Å². The largest absolute Gasteiger partial charge is 0.0901 e. The van der Waals surface area contributed by atoms with Crippen LogP contribution in [0.15, 0.2) is 58.4 Å². The number of rotatable bonds is 0. The average Bonchev–Trinajstić information content (AvgIpc) is 2.14. The van der Waals surface area contributed by atoms with Crippen molar-refractivity contribution in [3.8, 4) is 0 Å². The Balaban J connectivity index is 2.50. The van der Waals surface area contributed by atoms with Gasteiger partial charge in [0, 0.05) is 9.80 Å². The molecular formula is C13H12S. The van der Waals surface area contributed by atoms with E-state index in [-0.39, 0.29) is 0 Å². The molecule has 1 aromatic carbocycles. The van der Waals surface area contributed by atoms with Crippen molar-refractivity contribution in [1.29, 1.82) is 0 Å². The van der Waals surface area contributed by atoms with Crippen molar-refractivity contribution >= 4 is 17.8 Å². The summed E-state index contributed by atoms with van der Waals surface area (Å²) in [5, 5.41) is 0. The zero-order valence-electron chi connectivity index (χ0n) is 8.16. The first-order chi connectivity index (χ1) is 6.75. The molecule has 0 nitrogen and oxygen atoms in total. The molecule has 1 heteroatoms. The summed E-state index contributed by atoms with van der Waals surface area (Å²) in [5.74, 6) is 0. The lowest BCUT2D eigenvalue weighted by atomic mass is 10.1. The molecule has 70 valence electrons. The van der Waals surface area contributed by atoms with Crippen LogP contribution in [0.1, 0.15) is 12.5 Å².